The Bertz CT molecular complexity index is 508. The van der Waals surface area contributed by atoms with Gasteiger partial charge in [-0.3, -0.25) is 4.79 Å². The number of anilines is 1. The van der Waals surface area contributed by atoms with Gasteiger partial charge in [0.1, 0.15) is 0 Å². The van der Waals surface area contributed by atoms with Gasteiger partial charge in [0.2, 0.25) is 5.91 Å². The molecule has 22 heavy (non-hydrogen) atoms. The second-order valence-electron chi connectivity index (χ2n) is 5.81. The molecule has 1 aromatic rings. The van der Waals surface area contributed by atoms with E-state index in [1.54, 1.807) is 0 Å². The van der Waals surface area contributed by atoms with Crippen molar-refractivity contribution in [1.82, 2.24) is 5.32 Å². The zero-order valence-electron chi connectivity index (χ0n) is 12.9. The monoisotopic (exact) mass is 312 g/mol. The maximum absolute atomic E-state index is 13.6. The molecular formula is C16H22F2N2O2. The molecule has 2 N–H and O–H groups in total. The van der Waals surface area contributed by atoms with Crippen molar-refractivity contribution in [2.24, 2.45) is 11.8 Å². The molecule has 0 spiro atoms. The van der Waals surface area contributed by atoms with Crippen LogP contribution in [0.25, 0.3) is 0 Å². The summed E-state index contributed by atoms with van der Waals surface area (Å²) in [6, 6.07) is 2.12. The summed E-state index contributed by atoms with van der Waals surface area (Å²) in [5.74, 6) is -1.66. The van der Waals surface area contributed by atoms with Crippen LogP contribution in [0.5, 0.6) is 5.75 Å². The number of ether oxygens (including phenoxy) is 1. The highest BCUT2D eigenvalue weighted by Gasteiger charge is 2.22. The van der Waals surface area contributed by atoms with Crippen LogP contribution in [0.4, 0.5) is 14.5 Å². The molecule has 0 saturated carbocycles. The van der Waals surface area contributed by atoms with Crippen LogP contribution < -0.4 is 15.4 Å². The maximum atomic E-state index is 13.6. The average Bonchev–Trinajstić information content (AvgIpc) is 2.47. The van der Waals surface area contributed by atoms with Crippen LogP contribution >= 0.6 is 0 Å². The molecule has 2 atom stereocenters. The highest BCUT2D eigenvalue weighted by Crippen LogP contribution is 2.26. The second-order valence-corrected chi connectivity index (χ2v) is 5.81. The number of piperidine rings is 1. The van der Waals surface area contributed by atoms with Crippen molar-refractivity contribution in [1.29, 1.82) is 0 Å². The first-order chi connectivity index (χ1) is 10.5. The molecule has 0 bridgehead atoms. The lowest BCUT2D eigenvalue weighted by Crippen LogP contribution is -2.34. The lowest BCUT2D eigenvalue weighted by molar-refractivity contribution is -0.117. The first kappa shape index (κ1) is 16.7. The number of nitrogens with one attached hydrogen (secondary N) is 2. The van der Waals surface area contributed by atoms with Gasteiger partial charge in [0, 0.05) is 24.2 Å². The molecule has 1 heterocycles. The van der Waals surface area contributed by atoms with Crippen molar-refractivity contribution in [3.8, 4) is 5.75 Å². The van der Waals surface area contributed by atoms with Crippen LogP contribution in [0, 0.1) is 23.5 Å². The van der Waals surface area contributed by atoms with Gasteiger partial charge in [-0.05, 0) is 37.8 Å². The number of halogens is 2. The van der Waals surface area contributed by atoms with Crippen molar-refractivity contribution in [2.75, 3.05) is 25.5 Å². The molecule has 2 unspecified atom stereocenters. The number of carbonyl (C=O) groups excluding carboxylic acids is 1. The largest absolute Gasteiger partial charge is 0.491 e. The van der Waals surface area contributed by atoms with E-state index in [9.17, 15) is 13.6 Å². The summed E-state index contributed by atoms with van der Waals surface area (Å²) in [6.07, 6.45) is 2.56. The van der Waals surface area contributed by atoms with Gasteiger partial charge in [-0.2, -0.15) is 0 Å². The highest BCUT2D eigenvalue weighted by molar-refractivity contribution is 5.90. The summed E-state index contributed by atoms with van der Waals surface area (Å²) < 4.78 is 31.8. The Kier molecular flexibility index (Phi) is 5.71. The van der Waals surface area contributed by atoms with E-state index >= 15 is 0 Å². The molecule has 1 aliphatic heterocycles. The van der Waals surface area contributed by atoms with Gasteiger partial charge < -0.3 is 15.4 Å². The van der Waals surface area contributed by atoms with E-state index in [0.717, 1.165) is 38.1 Å². The maximum Gasteiger partial charge on any atom is 0.224 e. The minimum Gasteiger partial charge on any atom is -0.491 e. The molecule has 0 radical (unpaired) electrons. The standard InChI is InChI=1S/C16H22F2N2O2/c1-10(11-4-3-5-19-9-11)6-15(21)20-12-7-13(17)16(22-2)14(18)8-12/h7-8,10-11,19H,3-6,9H2,1-2H3,(H,20,21). The first-order valence-electron chi connectivity index (χ1n) is 7.55. The number of rotatable bonds is 5. The lowest BCUT2D eigenvalue weighted by Gasteiger charge is -2.28. The smallest absolute Gasteiger partial charge is 0.224 e. The molecule has 0 aromatic heterocycles. The van der Waals surface area contributed by atoms with E-state index in [4.69, 9.17) is 0 Å². The summed E-state index contributed by atoms with van der Waals surface area (Å²) in [7, 11) is 1.19. The van der Waals surface area contributed by atoms with Crippen LogP contribution in [0.1, 0.15) is 26.2 Å². The van der Waals surface area contributed by atoms with Crippen LogP contribution in [-0.4, -0.2) is 26.1 Å². The number of hydrogen-bond acceptors (Lipinski definition) is 3. The molecule has 2 rings (SSSR count). The average molecular weight is 312 g/mol. The summed E-state index contributed by atoms with van der Waals surface area (Å²) in [5.41, 5.74) is 0.106. The van der Waals surface area contributed by atoms with Gasteiger partial charge in [-0.15, -0.1) is 0 Å². The predicted molar refractivity (Wildman–Crippen MR) is 80.9 cm³/mol. The summed E-state index contributed by atoms with van der Waals surface area (Å²) in [5, 5.41) is 5.87. The number of carbonyl (C=O) groups is 1. The van der Waals surface area contributed by atoms with Gasteiger partial charge in [0.05, 0.1) is 7.11 Å². The summed E-state index contributed by atoms with van der Waals surface area (Å²) in [6.45, 7) is 3.98. The molecular weight excluding hydrogens is 290 g/mol. The molecule has 1 aliphatic rings. The van der Waals surface area contributed by atoms with Crippen molar-refractivity contribution >= 4 is 11.6 Å². The Morgan fingerprint density at radius 2 is 2.14 bits per heavy atom. The fraction of sp³-hybridized carbons (Fsp3) is 0.562. The van der Waals surface area contributed by atoms with E-state index < -0.39 is 17.4 Å². The molecule has 0 aliphatic carbocycles. The Morgan fingerprint density at radius 3 is 2.68 bits per heavy atom. The van der Waals surface area contributed by atoms with Crippen molar-refractivity contribution in [2.45, 2.75) is 26.2 Å². The van der Waals surface area contributed by atoms with Crippen molar-refractivity contribution in [3.63, 3.8) is 0 Å². The first-order valence-corrected chi connectivity index (χ1v) is 7.55. The van der Waals surface area contributed by atoms with E-state index in [0.29, 0.717) is 12.3 Å². The molecule has 1 saturated heterocycles. The molecule has 1 aromatic carbocycles. The normalized spacial score (nSPS) is 19.5. The van der Waals surface area contributed by atoms with Gasteiger partial charge in [-0.25, -0.2) is 8.78 Å². The number of hydrogen-bond donors (Lipinski definition) is 2. The topological polar surface area (TPSA) is 50.4 Å². The Morgan fingerprint density at radius 1 is 1.45 bits per heavy atom. The lowest BCUT2D eigenvalue weighted by atomic mass is 9.85. The minimum atomic E-state index is -0.831. The molecule has 1 amide bonds. The number of benzene rings is 1. The van der Waals surface area contributed by atoms with E-state index in [2.05, 4.69) is 15.4 Å². The minimum absolute atomic E-state index is 0.106. The third-order valence-corrected chi connectivity index (χ3v) is 4.13. The van der Waals surface area contributed by atoms with Gasteiger partial charge in [0.15, 0.2) is 17.4 Å². The third-order valence-electron chi connectivity index (χ3n) is 4.13. The van der Waals surface area contributed by atoms with Crippen LogP contribution in [-0.2, 0) is 4.79 Å². The van der Waals surface area contributed by atoms with Gasteiger partial charge in [-0.1, -0.05) is 6.92 Å². The SMILES string of the molecule is COc1c(F)cc(NC(=O)CC(C)C2CCCNC2)cc1F. The zero-order chi connectivity index (χ0) is 16.1. The Balaban J connectivity index is 1.94. The summed E-state index contributed by atoms with van der Waals surface area (Å²) in [4.78, 5) is 12.0. The van der Waals surface area contributed by atoms with Gasteiger partial charge in [0.25, 0.3) is 0 Å². The van der Waals surface area contributed by atoms with E-state index in [1.165, 1.54) is 7.11 Å². The fourth-order valence-corrected chi connectivity index (χ4v) is 2.86. The highest BCUT2D eigenvalue weighted by atomic mass is 19.1. The van der Waals surface area contributed by atoms with Crippen LogP contribution in [0.3, 0.4) is 0 Å². The summed E-state index contributed by atoms with van der Waals surface area (Å²) >= 11 is 0. The molecule has 4 nitrogen and oxygen atoms in total. The van der Waals surface area contributed by atoms with Gasteiger partial charge >= 0.3 is 0 Å². The number of methoxy groups -OCH3 is 1. The predicted octanol–water partition coefficient (Wildman–Crippen LogP) is 2.94. The molecule has 122 valence electrons. The third kappa shape index (κ3) is 4.16. The van der Waals surface area contributed by atoms with E-state index in [-0.39, 0.29) is 17.5 Å². The van der Waals surface area contributed by atoms with E-state index in [1.807, 2.05) is 6.92 Å². The van der Waals surface area contributed by atoms with Crippen molar-refractivity contribution in [3.05, 3.63) is 23.8 Å². The van der Waals surface area contributed by atoms with Crippen LogP contribution in [0.15, 0.2) is 12.1 Å². The Hall–Kier alpha value is -1.69. The van der Waals surface area contributed by atoms with Crippen molar-refractivity contribution < 1.29 is 18.3 Å². The second kappa shape index (κ2) is 7.54. The zero-order valence-corrected chi connectivity index (χ0v) is 12.9. The molecule has 6 heteroatoms. The molecule has 1 fully saturated rings. The quantitative estimate of drug-likeness (QED) is 0.879. The van der Waals surface area contributed by atoms with Crippen LogP contribution in [0.2, 0.25) is 0 Å². The Labute approximate surface area is 129 Å². The fourth-order valence-electron chi connectivity index (χ4n) is 2.86. The number of amides is 1.